The summed E-state index contributed by atoms with van der Waals surface area (Å²) in [6.07, 6.45) is -0.346. The Kier molecular flexibility index (Phi) is 4.28. The van der Waals surface area contributed by atoms with E-state index in [4.69, 9.17) is 9.84 Å². The van der Waals surface area contributed by atoms with Gasteiger partial charge in [-0.25, -0.2) is 9.18 Å². The fourth-order valence-electron chi connectivity index (χ4n) is 1.77. The van der Waals surface area contributed by atoms with E-state index in [1.54, 1.807) is 0 Å². The minimum Gasteiger partial charge on any atom is -0.480 e. The van der Waals surface area contributed by atoms with E-state index in [0.29, 0.717) is 19.6 Å². The van der Waals surface area contributed by atoms with Gasteiger partial charge in [-0.3, -0.25) is 4.90 Å². The molecule has 14 heavy (non-hydrogen) atoms. The first-order valence-electron chi connectivity index (χ1n) is 4.81. The maximum absolute atomic E-state index is 13.0. The topological polar surface area (TPSA) is 49.8 Å². The second-order valence-electron chi connectivity index (χ2n) is 3.48. The summed E-state index contributed by atoms with van der Waals surface area (Å²) in [6.45, 7) is 3.19. The predicted octanol–water partition coefficient (Wildman–Crippen LogP) is 0.520. The molecule has 0 saturated carbocycles. The van der Waals surface area contributed by atoms with Crippen LogP contribution in [0.4, 0.5) is 4.39 Å². The van der Waals surface area contributed by atoms with E-state index in [0.717, 1.165) is 6.54 Å². The molecule has 0 spiro atoms. The number of halogens is 1. The number of carbonyl (C=O) groups is 1. The fourth-order valence-corrected chi connectivity index (χ4v) is 1.77. The molecular formula is C9H16FNO3. The molecule has 2 atom stereocenters. The second kappa shape index (κ2) is 5.26. The van der Waals surface area contributed by atoms with Crippen molar-refractivity contribution in [1.82, 2.24) is 4.90 Å². The molecule has 0 radical (unpaired) electrons. The number of rotatable bonds is 5. The molecular weight excluding hydrogens is 189 g/mol. The number of alkyl halides is 1. The molecule has 0 bridgehead atoms. The highest BCUT2D eigenvalue weighted by Gasteiger charge is 2.30. The summed E-state index contributed by atoms with van der Waals surface area (Å²) in [5.41, 5.74) is 0. The van der Waals surface area contributed by atoms with E-state index in [-0.39, 0.29) is 12.6 Å². The van der Waals surface area contributed by atoms with E-state index in [1.807, 2.05) is 11.8 Å². The van der Waals surface area contributed by atoms with Crippen LogP contribution < -0.4 is 0 Å². The van der Waals surface area contributed by atoms with Crippen LogP contribution in [0, 0.1) is 0 Å². The lowest BCUT2D eigenvalue weighted by atomic mass is 10.2. The first kappa shape index (κ1) is 11.4. The Hall–Kier alpha value is -0.680. The smallest absolute Gasteiger partial charge is 0.329 e. The van der Waals surface area contributed by atoms with Gasteiger partial charge in [0.25, 0.3) is 0 Å². The largest absolute Gasteiger partial charge is 0.480 e. The third kappa shape index (κ3) is 3.23. The van der Waals surface area contributed by atoms with Crippen molar-refractivity contribution < 1.29 is 19.0 Å². The first-order valence-corrected chi connectivity index (χ1v) is 4.81. The van der Waals surface area contributed by atoms with E-state index in [1.165, 1.54) is 0 Å². The first-order chi connectivity index (χ1) is 6.63. The maximum Gasteiger partial charge on any atom is 0.329 e. The zero-order chi connectivity index (χ0) is 10.6. The molecule has 1 fully saturated rings. The van der Waals surface area contributed by atoms with Crippen molar-refractivity contribution in [2.24, 2.45) is 0 Å². The highest BCUT2D eigenvalue weighted by atomic mass is 19.1. The molecule has 4 nitrogen and oxygen atoms in total. The molecule has 1 N–H and O–H groups in total. The van der Waals surface area contributed by atoms with Gasteiger partial charge >= 0.3 is 5.97 Å². The van der Waals surface area contributed by atoms with E-state index < -0.39 is 12.1 Å². The van der Waals surface area contributed by atoms with Crippen LogP contribution in [0.2, 0.25) is 0 Å². The zero-order valence-corrected chi connectivity index (χ0v) is 8.28. The van der Waals surface area contributed by atoms with Gasteiger partial charge in [0.2, 0.25) is 0 Å². The highest BCUT2D eigenvalue weighted by Crippen LogP contribution is 2.19. The number of nitrogens with zero attached hydrogens (tertiary/aromatic N) is 1. The van der Waals surface area contributed by atoms with Crippen LogP contribution in [0.3, 0.4) is 0 Å². The Morgan fingerprint density at radius 1 is 1.71 bits per heavy atom. The van der Waals surface area contributed by atoms with Crippen molar-refractivity contribution in [2.75, 3.05) is 26.3 Å². The molecule has 1 aliphatic rings. The van der Waals surface area contributed by atoms with Crippen molar-refractivity contribution >= 4 is 5.97 Å². The number of ether oxygens (including phenoxy) is 1. The van der Waals surface area contributed by atoms with Crippen molar-refractivity contribution in [2.45, 2.75) is 25.6 Å². The van der Waals surface area contributed by atoms with Gasteiger partial charge in [0.05, 0.1) is 6.61 Å². The van der Waals surface area contributed by atoms with Gasteiger partial charge in [-0.1, -0.05) is 6.92 Å². The highest BCUT2D eigenvalue weighted by molar-refractivity contribution is 5.67. The van der Waals surface area contributed by atoms with Gasteiger partial charge in [0.15, 0.2) is 0 Å². The molecule has 1 saturated heterocycles. The molecule has 0 aromatic carbocycles. The summed E-state index contributed by atoms with van der Waals surface area (Å²) in [5.74, 6) is -0.983. The Bertz CT molecular complexity index is 200. The molecule has 1 heterocycles. The van der Waals surface area contributed by atoms with Crippen LogP contribution in [0.25, 0.3) is 0 Å². The quantitative estimate of drug-likeness (QED) is 0.711. The van der Waals surface area contributed by atoms with Crippen molar-refractivity contribution in [3.8, 4) is 0 Å². The fraction of sp³-hybridized carbons (Fsp3) is 0.889. The number of likely N-dealkylation sites (N-methyl/N-ethyl adjacent to an activating group) is 1. The summed E-state index contributed by atoms with van der Waals surface area (Å²) in [5, 5.41) is 8.35. The van der Waals surface area contributed by atoms with Gasteiger partial charge in [-0.2, -0.15) is 0 Å². The van der Waals surface area contributed by atoms with Gasteiger partial charge in [0, 0.05) is 12.6 Å². The molecule has 0 aliphatic carbocycles. The third-order valence-electron chi connectivity index (χ3n) is 2.42. The second-order valence-corrected chi connectivity index (χ2v) is 3.48. The minimum atomic E-state index is -0.983. The predicted molar refractivity (Wildman–Crippen MR) is 49.0 cm³/mol. The Balaban J connectivity index is 2.25. The van der Waals surface area contributed by atoms with Crippen molar-refractivity contribution in [3.63, 3.8) is 0 Å². The lowest BCUT2D eigenvalue weighted by Crippen LogP contribution is -2.33. The Labute approximate surface area is 82.6 Å². The van der Waals surface area contributed by atoms with Crippen molar-refractivity contribution in [3.05, 3.63) is 0 Å². The number of carboxylic acids is 1. The van der Waals surface area contributed by atoms with Crippen LogP contribution in [-0.2, 0) is 9.53 Å². The monoisotopic (exact) mass is 205 g/mol. The summed E-state index contributed by atoms with van der Waals surface area (Å²) >= 11 is 0. The molecule has 82 valence electrons. The van der Waals surface area contributed by atoms with Gasteiger partial charge in [0.1, 0.15) is 12.8 Å². The van der Waals surface area contributed by atoms with Crippen molar-refractivity contribution in [1.29, 1.82) is 0 Å². The molecule has 0 aromatic rings. The summed E-state index contributed by atoms with van der Waals surface area (Å²) in [4.78, 5) is 12.2. The summed E-state index contributed by atoms with van der Waals surface area (Å²) < 4.78 is 17.9. The van der Waals surface area contributed by atoms with Crippen LogP contribution in [0.5, 0.6) is 0 Å². The number of aliphatic carboxylic acids is 1. The average Bonchev–Trinajstić information content (AvgIpc) is 2.45. The van der Waals surface area contributed by atoms with Gasteiger partial charge in [-0.15, -0.1) is 0 Å². The Morgan fingerprint density at radius 3 is 3.00 bits per heavy atom. The molecule has 0 amide bonds. The normalized spacial score (nSPS) is 28.1. The SMILES string of the molecule is CCN1CC(F)CC1COCC(=O)O. The Morgan fingerprint density at radius 2 is 2.43 bits per heavy atom. The van der Waals surface area contributed by atoms with Crippen LogP contribution in [-0.4, -0.2) is 54.5 Å². The molecule has 0 aromatic heterocycles. The number of carboxylic acid groups (broad SMARTS) is 1. The van der Waals surface area contributed by atoms with Crippen LogP contribution >= 0.6 is 0 Å². The molecule has 1 rings (SSSR count). The lowest BCUT2D eigenvalue weighted by molar-refractivity contribution is -0.142. The molecule has 2 unspecified atom stereocenters. The minimum absolute atomic E-state index is 0.0364. The van der Waals surface area contributed by atoms with Gasteiger partial charge < -0.3 is 9.84 Å². The zero-order valence-electron chi connectivity index (χ0n) is 8.28. The number of likely N-dealkylation sites (tertiary alicyclic amines) is 1. The van der Waals surface area contributed by atoms with Gasteiger partial charge in [-0.05, 0) is 13.0 Å². The van der Waals surface area contributed by atoms with E-state index >= 15 is 0 Å². The average molecular weight is 205 g/mol. The lowest BCUT2D eigenvalue weighted by Gasteiger charge is -2.21. The molecule has 1 aliphatic heterocycles. The third-order valence-corrected chi connectivity index (χ3v) is 2.42. The number of hydrogen-bond donors (Lipinski definition) is 1. The van der Waals surface area contributed by atoms with Crippen LogP contribution in [0.15, 0.2) is 0 Å². The van der Waals surface area contributed by atoms with Crippen LogP contribution in [0.1, 0.15) is 13.3 Å². The maximum atomic E-state index is 13.0. The number of hydrogen-bond acceptors (Lipinski definition) is 3. The summed E-state index contributed by atoms with van der Waals surface area (Å²) in [6, 6.07) is 0.0364. The molecule has 5 heteroatoms. The summed E-state index contributed by atoms with van der Waals surface area (Å²) in [7, 11) is 0. The standard InChI is InChI=1S/C9H16FNO3/c1-2-11-4-7(10)3-8(11)5-14-6-9(12)13/h7-8H,2-6H2,1H3,(H,12,13). The van der Waals surface area contributed by atoms with E-state index in [9.17, 15) is 9.18 Å². The van der Waals surface area contributed by atoms with E-state index in [2.05, 4.69) is 0 Å².